The van der Waals surface area contributed by atoms with Crippen molar-refractivity contribution in [3.63, 3.8) is 0 Å². The molecule has 0 radical (unpaired) electrons. The molecule has 1 rings (SSSR count). The summed E-state index contributed by atoms with van der Waals surface area (Å²) in [6.07, 6.45) is 3.76. The lowest BCUT2D eigenvalue weighted by Gasteiger charge is -2.20. The maximum atomic E-state index is 9.21. The van der Waals surface area contributed by atoms with Gasteiger partial charge in [-0.15, -0.1) is 0 Å². The third-order valence-corrected chi connectivity index (χ3v) is 3.12. The van der Waals surface area contributed by atoms with E-state index in [1.54, 1.807) is 6.08 Å². The second-order valence-electron chi connectivity index (χ2n) is 2.74. The third-order valence-electron chi connectivity index (χ3n) is 1.99. The van der Waals surface area contributed by atoms with Crippen molar-refractivity contribution in [2.24, 2.45) is 11.8 Å². The van der Waals surface area contributed by atoms with Crippen molar-refractivity contribution >= 4 is 15.9 Å². The van der Waals surface area contributed by atoms with Crippen molar-refractivity contribution in [1.29, 1.82) is 0 Å². The van der Waals surface area contributed by atoms with Crippen molar-refractivity contribution < 1.29 is 5.11 Å². The summed E-state index contributed by atoms with van der Waals surface area (Å²) >= 11 is 3.34. The molecule has 0 aromatic carbocycles. The van der Waals surface area contributed by atoms with Gasteiger partial charge in [-0.25, -0.2) is 0 Å². The average Bonchev–Trinajstić information content (AvgIpc) is 1.93. The highest BCUT2D eigenvalue weighted by Gasteiger charge is 2.18. The van der Waals surface area contributed by atoms with Crippen LogP contribution in [0.5, 0.6) is 0 Å². The lowest BCUT2D eigenvalue weighted by molar-refractivity contribution is 0.403. The van der Waals surface area contributed by atoms with Gasteiger partial charge < -0.3 is 5.11 Å². The van der Waals surface area contributed by atoms with Crippen LogP contribution >= 0.6 is 15.9 Å². The molecule has 56 valence electrons. The predicted octanol–water partition coefficient (Wildman–Crippen LogP) is 2.99. The minimum absolute atomic E-state index is 0.366. The highest BCUT2D eigenvalue weighted by molar-refractivity contribution is 9.11. The normalized spacial score (nSPS) is 33.1. The molecule has 1 aliphatic carbocycles. The first-order valence-corrected chi connectivity index (χ1v) is 4.19. The van der Waals surface area contributed by atoms with E-state index in [0.717, 1.165) is 4.48 Å². The van der Waals surface area contributed by atoms with Gasteiger partial charge in [-0.3, -0.25) is 0 Å². The van der Waals surface area contributed by atoms with Crippen LogP contribution in [0.4, 0.5) is 0 Å². The number of hydrogen-bond donors (Lipinski definition) is 1. The minimum Gasteiger partial charge on any atom is -0.507 e. The van der Waals surface area contributed by atoms with Crippen molar-refractivity contribution in [1.82, 2.24) is 0 Å². The molecule has 0 spiro atoms. The zero-order chi connectivity index (χ0) is 7.72. The number of aliphatic hydroxyl groups is 1. The first-order valence-electron chi connectivity index (χ1n) is 3.39. The fourth-order valence-electron chi connectivity index (χ4n) is 0.953. The Kier molecular flexibility index (Phi) is 2.19. The lowest BCUT2D eigenvalue weighted by atomic mass is 9.91. The van der Waals surface area contributed by atoms with Gasteiger partial charge in [-0.05, 0) is 17.9 Å². The van der Waals surface area contributed by atoms with Crippen LogP contribution in [0.1, 0.15) is 13.8 Å². The van der Waals surface area contributed by atoms with Crippen LogP contribution in [0.3, 0.4) is 0 Å². The lowest BCUT2D eigenvalue weighted by Crippen LogP contribution is -2.10. The van der Waals surface area contributed by atoms with Crippen LogP contribution in [-0.2, 0) is 0 Å². The summed E-state index contributed by atoms with van der Waals surface area (Å²) in [5, 5.41) is 9.21. The molecular weight excluding hydrogens is 192 g/mol. The minimum atomic E-state index is 0.366. The van der Waals surface area contributed by atoms with Crippen LogP contribution < -0.4 is 0 Å². The molecule has 1 aliphatic rings. The molecule has 0 bridgehead atoms. The number of rotatable bonds is 0. The Morgan fingerprint density at radius 1 is 1.50 bits per heavy atom. The van der Waals surface area contributed by atoms with Crippen LogP contribution in [0.15, 0.2) is 22.4 Å². The van der Waals surface area contributed by atoms with Crippen LogP contribution in [0.2, 0.25) is 0 Å². The van der Waals surface area contributed by atoms with Gasteiger partial charge in [0.2, 0.25) is 0 Å². The Morgan fingerprint density at radius 2 is 2.10 bits per heavy atom. The van der Waals surface area contributed by atoms with Crippen molar-refractivity contribution in [2.45, 2.75) is 13.8 Å². The van der Waals surface area contributed by atoms with Gasteiger partial charge in [0, 0.05) is 4.48 Å². The number of aliphatic hydroxyl groups excluding tert-OH is 1. The van der Waals surface area contributed by atoms with Crippen LogP contribution in [0.25, 0.3) is 0 Å². The van der Waals surface area contributed by atoms with E-state index in [4.69, 9.17) is 0 Å². The van der Waals surface area contributed by atoms with Gasteiger partial charge in [0.15, 0.2) is 0 Å². The molecular formula is C8H11BrO. The molecule has 0 saturated heterocycles. The van der Waals surface area contributed by atoms with Crippen molar-refractivity contribution in [2.75, 3.05) is 0 Å². The Balaban J connectivity index is 2.88. The Labute approximate surface area is 69.6 Å². The summed E-state index contributed by atoms with van der Waals surface area (Å²) in [5.74, 6) is 1.29. The Hall–Kier alpha value is -0.240. The highest BCUT2D eigenvalue weighted by Crippen LogP contribution is 2.32. The number of allylic oxidation sites excluding steroid dienone is 3. The maximum Gasteiger partial charge on any atom is 0.125 e. The monoisotopic (exact) mass is 202 g/mol. The fourth-order valence-corrected chi connectivity index (χ4v) is 1.50. The largest absolute Gasteiger partial charge is 0.507 e. The molecule has 0 aliphatic heterocycles. The third kappa shape index (κ3) is 1.26. The standard InChI is InChI=1S/C8H11BrO/c1-5-3-4-7(10)8(9)6(5)2/h3-6,10H,1-2H3. The summed E-state index contributed by atoms with van der Waals surface area (Å²) in [4.78, 5) is 0. The summed E-state index contributed by atoms with van der Waals surface area (Å²) in [6.45, 7) is 4.23. The van der Waals surface area contributed by atoms with E-state index >= 15 is 0 Å². The predicted molar refractivity (Wildman–Crippen MR) is 46.0 cm³/mol. The molecule has 2 unspecified atom stereocenters. The van der Waals surface area contributed by atoms with E-state index in [1.165, 1.54) is 0 Å². The summed E-state index contributed by atoms with van der Waals surface area (Å²) in [7, 11) is 0. The van der Waals surface area contributed by atoms with E-state index in [9.17, 15) is 5.11 Å². The van der Waals surface area contributed by atoms with E-state index in [-0.39, 0.29) is 0 Å². The Morgan fingerprint density at radius 3 is 2.60 bits per heavy atom. The van der Waals surface area contributed by atoms with Crippen LogP contribution in [-0.4, -0.2) is 5.11 Å². The first-order chi connectivity index (χ1) is 4.63. The molecule has 0 aromatic rings. The van der Waals surface area contributed by atoms with Crippen LogP contribution in [0, 0.1) is 11.8 Å². The Bertz CT molecular complexity index is 193. The second kappa shape index (κ2) is 2.79. The average molecular weight is 203 g/mol. The zero-order valence-electron chi connectivity index (χ0n) is 6.13. The molecule has 2 atom stereocenters. The van der Waals surface area contributed by atoms with Crippen molar-refractivity contribution in [3.05, 3.63) is 22.4 Å². The van der Waals surface area contributed by atoms with Gasteiger partial charge in [0.1, 0.15) is 5.76 Å². The molecule has 1 nitrogen and oxygen atoms in total. The maximum absolute atomic E-state index is 9.21. The summed E-state index contributed by atoms with van der Waals surface area (Å²) in [6, 6.07) is 0. The quantitative estimate of drug-likeness (QED) is 0.641. The van der Waals surface area contributed by atoms with E-state index in [2.05, 4.69) is 29.8 Å². The molecule has 1 N–H and O–H groups in total. The van der Waals surface area contributed by atoms with Gasteiger partial charge in [-0.1, -0.05) is 35.9 Å². The molecule has 0 saturated carbocycles. The molecule has 0 aromatic heterocycles. The van der Waals surface area contributed by atoms with Gasteiger partial charge in [0.25, 0.3) is 0 Å². The topological polar surface area (TPSA) is 20.2 Å². The van der Waals surface area contributed by atoms with Gasteiger partial charge in [-0.2, -0.15) is 0 Å². The van der Waals surface area contributed by atoms with E-state index in [0.29, 0.717) is 17.6 Å². The first kappa shape index (κ1) is 7.86. The highest BCUT2D eigenvalue weighted by atomic mass is 79.9. The fraction of sp³-hybridized carbons (Fsp3) is 0.500. The van der Waals surface area contributed by atoms with Gasteiger partial charge in [0.05, 0.1) is 0 Å². The molecule has 2 heteroatoms. The molecule has 0 fully saturated rings. The second-order valence-corrected chi connectivity index (χ2v) is 3.59. The zero-order valence-corrected chi connectivity index (χ0v) is 7.72. The molecule has 0 heterocycles. The smallest absolute Gasteiger partial charge is 0.125 e. The van der Waals surface area contributed by atoms with Crippen molar-refractivity contribution in [3.8, 4) is 0 Å². The molecule has 0 amide bonds. The number of halogens is 1. The summed E-state index contributed by atoms with van der Waals surface area (Å²) < 4.78 is 0.919. The van der Waals surface area contributed by atoms with Gasteiger partial charge >= 0.3 is 0 Å². The SMILES string of the molecule is CC1C=CC(O)=C(Br)C1C. The molecule has 10 heavy (non-hydrogen) atoms. The number of hydrogen-bond acceptors (Lipinski definition) is 1. The van der Waals surface area contributed by atoms with E-state index < -0.39 is 0 Å². The summed E-state index contributed by atoms with van der Waals surface area (Å²) in [5.41, 5.74) is 0. The van der Waals surface area contributed by atoms with E-state index in [1.807, 2.05) is 6.08 Å².